The molecule has 0 unspecified atom stereocenters. The third-order valence-corrected chi connectivity index (χ3v) is 10.6. The second kappa shape index (κ2) is 8.81. The number of fused-ring (bicyclic) bond motifs is 4. The number of anilines is 1. The summed E-state index contributed by atoms with van der Waals surface area (Å²) in [6.07, 6.45) is 1.95. The van der Waals surface area contributed by atoms with E-state index in [-0.39, 0.29) is 30.1 Å². The number of ether oxygens (including phenoxy) is 1. The predicted molar refractivity (Wildman–Crippen MR) is 147 cm³/mol. The fraction of sp³-hybridized carbons (Fsp3) is 0.357. The van der Waals surface area contributed by atoms with Gasteiger partial charge in [0.2, 0.25) is 11.8 Å². The zero-order valence-electron chi connectivity index (χ0n) is 20.9. The molecule has 39 heavy (non-hydrogen) atoms. The normalized spacial score (nSPS) is 33.6. The molecule has 2 aliphatic heterocycles. The molecular formula is C28H23BrCl2N2O6. The molecule has 0 bridgehead atoms. The summed E-state index contributed by atoms with van der Waals surface area (Å²) in [6, 6.07) is 11.5. The first-order valence-electron chi connectivity index (χ1n) is 12.4. The summed E-state index contributed by atoms with van der Waals surface area (Å²) in [6.45, 7) is 0. The number of nitrogens with zero attached hydrogens (tertiary/aromatic N) is 2. The first-order valence-corrected chi connectivity index (χ1v) is 13.9. The molecule has 3 fully saturated rings. The first kappa shape index (κ1) is 26.3. The highest BCUT2D eigenvalue weighted by Crippen LogP contribution is 2.66. The summed E-state index contributed by atoms with van der Waals surface area (Å²) in [5.41, 5.74) is 1.34. The smallest absolute Gasteiger partial charge is 0.253 e. The molecule has 11 heteroatoms. The fourth-order valence-electron chi connectivity index (χ4n) is 6.83. The molecule has 0 spiro atoms. The third-order valence-electron chi connectivity index (χ3n) is 8.65. The average molecular weight is 634 g/mol. The monoisotopic (exact) mass is 632 g/mol. The summed E-state index contributed by atoms with van der Waals surface area (Å²) in [5.74, 6) is -5.06. The van der Waals surface area contributed by atoms with Gasteiger partial charge in [-0.2, -0.15) is 0 Å². The van der Waals surface area contributed by atoms with Crippen LogP contribution in [0.2, 0.25) is 0 Å². The summed E-state index contributed by atoms with van der Waals surface area (Å²) in [7, 11) is 2.78. The van der Waals surface area contributed by atoms with Crippen LogP contribution in [0.4, 0.5) is 5.69 Å². The molecule has 0 aromatic heterocycles. The molecule has 202 valence electrons. The Bertz CT molecular complexity index is 1500. The van der Waals surface area contributed by atoms with Gasteiger partial charge in [0.25, 0.3) is 11.8 Å². The molecule has 2 aliphatic carbocycles. The van der Waals surface area contributed by atoms with Gasteiger partial charge in [0.1, 0.15) is 11.5 Å². The van der Waals surface area contributed by atoms with Gasteiger partial charge in [0.05, 0.1) is 24.6 Å². The minimum absolute atomic E-state index is 0.111. The van der Waals surface area contributed by atoms with Crippen LogP contribution in [0, 0.1) is 17.8 Å². The molecule has 8 nitrogen and oxygen atoms in total. The first-order chi connectivity index (χ1) is 18.5. The van der Waals surface area contributed by atoms with E-state index >= 15 is 0 Å². The van der Waals surface area contributed by atoms with Gasteiger partial charge in [0, 0.05) is 29.1 Å². The Morgan fingerprint density at radius 3 is 2.33 bits per heavy atom. The standard InChI is InChI=1S/C28H23BrCl2N2O6/c1-32-25(37)27(30)12-19-16(22(28(27,31)26(32)38)17-8-7-15(39-2)11-20(17)34)9-10-18-21(19)24(36)33(23(18)35)14-5-3-13(29)4-6-14/h3-9,11,18-19,21-22,34H,10,12H2,1-2H3/t18-,19+,21-,22+,27+,28-/m0/s1. The summed E-state index contributed by atoms with van der Waals surface area (Å²) >= 11 is 17.6. The Morgan fingerprint density at radius 2 is 1.69 bits per heavy atom. The largest absolute Gasteiger partial charge is 0.508 e. The van der Waals surface area contributed by atoms with Crippen LogP contribution < -0.4 is 9.64 Å². The van der Waals surface area contributed by atoms with Crippen molar-refractivity contribution in [3.63, 3.8) is 0 Å². The lowest BCUT2D eigenvalue weighted by molar-refractivity contribution is -0.138. The molecule has 2 aromatic carbocycles. The number of carbonyl (C=O) groups is 4. The number of hydrogen-bond donors (Lipinski definition) is 1. The van der Waals surface area contributed by atoms with Crippen LogP contribution in [-0.2, 0) is 19.2 Å². The molecule has 6 rings (SSSR count). The molecule has 4 amide bonds. The fourth-order valence-corrected chi connectivity index (χ4v) is 8.10. The quantitative estimate of drug-likeness (QED) is 0.306. The van der Waals surface area contributed by atoms with Crippen LogP contribution in [-0.4, -0.2) is 57.5 Å². The number of likely N-dealkylation sites (tertiary alicyclic amines) is 1. The zero-order valence-corrected chi connectivity index (χ0v) is 24.0. The van der Waals surface area contributed by atoms with E-state index < -0.39 is 51.1 Å². The number of phenols is 1. The average Bonchev–Trinajstić information content (AvgIpc) is 3.24. The summed E-state index contributed by atoms with van der Waals surface area (Å²) < 4.78 is 6.02. The van der Waals surface area contributed by atoms with Crippen molar-refractivity contribution < 1.29 is 29.0 Å². The van der Waals surface area contributed by atoms with Crippen molar-refractivity contribution in [3.8, 4) is 11.5 Å². The zero-order chi connectivity index (χ0) is 28.0. The second-order valence-electron chi connectivity index (χ2n) is 10.4. The van der Waals surface area contributed by atoms with Crippen molar-refractivity contribution in [3.05, 3.63) is 64.1 Å². The Kier molecular flexibility index (Phi) is 5.95. The van der Waals surface area contributed by atoms with Gasteiger partial charge in [-0.3, -0.25) is 29.0 Å². The van der Waals surface area contributed by atoms with E-state index in [1.807, 2.05) is 6.08 Å². The maximum Gasteiger partial charge on any atom is 0.253 e. The lowest BCUT2D eigenvalue weighted by Gasteiger charge is -2.50. The molecule has 2 saturated heterocycles. The van der Waals surface area contributed by atoms with Crippen molar-refractivity contribution in [2.24, 2.45) is 17.8 Å². The van der Waals surface area contributed by atoms with Gasteiger partial charge < -0.3 is 9.84 Å². The van der Waals surface area contributed by atoms with E-state index in [0.29, 0.717) is 17.0 Å². The number of alkyl halides is 2. The van der Waals surface area contributed by atoms with E-state index in [4.69, 9.17) is 27.9 Å². The summed E-state index contributed by atoms with van der Waals surface area (Å²) in [4.78, 5) is 52.8. The molecule has 2 aromatic rings. The lowest BCUT2D eigenvalue weighted by Crippen LogP contribution is -2.60. The number of hydrogen-bond acceptors (Lipinski definition) is 6. The van der Waals surface area contributed by atoms with Crippen molar-refractivity contribution >= 4 is 68.4 Å². The predicted octanol–water partition coefficient (Wildman–Crippen LogP) is 4.36. The number of benzene rings is 2. The highest BCUT2D eigenvalue weighted by molar-refractivity contribution is 9.10. The maximum atomic E-state index is 13.9. The van der Waals surface area contributed by atoms with Crippen LogP contribution in [0.3, 0.4) is 0 Å². The maximum absolute atomic E-state index is 13.9. The minimum atomic E-state index is -1.96. The number of halogens is 3. The molecule has 2 heterocycles. The molecule has 6 atom stereocenters. The SMILES string of the molecule is COc1ccc([C@H]2C3=CC[C@@H]4C(=O)N(c5ccc(Br)cc5)C(=O)[C@@H]4[C@@H]3C[C@@]3(Cl)C(=O)N(C)C(=O)[C@@]23Cl)c(O)c1. The number of carbonyl (C=O) groups excluding carboxylic acids is 4. The Morgan fingerprint density at radius 1 is 1.00 bits per heavy atom. The van der Waals surface area contributed by atoms with Crippen LogP contribution >= 0.6 is 39.1 Å². The van der Waals surface area contributed by atoms with Gasteiger partial charge in [-0.15, -0.1) is 23.2 Å². The highest BCUT2D eigenvalue weighted by Gasteiger charge is 2.76. The second-order valence-corrected chi connectivity index (χ2v) is 12.6. The van der Waals surface area contributed by atoms with Gasteiger partial charge in [0.15, 0.2) is 9.75 Å². The van der Waals surface area contributed by atoms with Crippen LogP contribution in [0.1, 0.15) is 24.3 Å². The molecule has 1 saturated carbocycles. The van der Waals surface area contributed by atoms with Crippen molar-refractivity contribution in [2.45, 2.75) is 28.5 Å². The lowest BCUT2D eigenvalue weighted by atomic mass is 9.56. The number of aromatic hydroxyl groups is 1. The van der Waals surface area contributed by atoms with Gasteiger partial charge >= 0.3 is 0 Å². The minimum Gasteiger partial charge on any atom is -0.508 e. The molecule has 4 aliphatic rings. The van der Waals surface area contributed by atoms with E-state index in [1.165, 1.54) is 25.1 Å². The Hall–Kier alpha value is -2.88. The van der Waals surface area contributed by atoms with E-state index in [2.05, 4.69) is 15.9 Å². The highest BCUT2D eigenvalue weighted by atomic mass is 79.9. The van der Waals surface area contributed by atoms with Crippen molar-refractivity contribution in [1.82, 2.24) is 4.90 Å². The van der Waals surface area contributed by atoms with E-state index in [1.54, 1.807) is 36.4 Å². The number of amides is 4. The third kappa shape index (κ3) is 3.36. The molecule has 0 radical (unpaired) electrons. The van der Waals surface area contributed by atoms with E-state index in [0.717, 1.165) is 9.37 Å². The number of methoxy groups -OCH3 is 1. The van der Waals surface area contributed by atoms with Gasteiger partial charge in [-0.05, 0) is 49.1 Å². The van der Waals surface area contributed by atoms with Crippen LogP contribution in [0.25, 0.3) is 0 Å². The van der Waals surface area contributed by atoms with Gasteiger partial charge in [-0.1, -0.05) is 33.6 Å². The Balaban J connectivity index is 1.52. The van der Waals surface area contributed by atoms with Crippen molar-refractivity contribution in [1.29, 1.82) is 0 Å². The Labute approximate surface area is 242 Å². The number of allylic oxidation sites excluding steroid dienone is 2. The van der Waals surface area contributed by atoms with Gasteiger partial charge in [-0.25, -0.2) is 0 Å². The topological polar surface area (TPSA) is 104 Å². The number of phenolic OH excluding ortho intramolecular Hbond substituents is 1. The molecular weight excluding hydrogens is 611 g/mol. The number of imide groups is 2. The van der Waals surface area contributed by atoms with E-state index in [9.17, 15) is 24.3 Å². The molecule has 1 N–H and O–H groups in total. The summed E-state index contributed by atoms with van der Waals surface area (Å²) in [5, 5.41) is 11.0. The van der Waals surface area contributed by atoms with Crippen LogP contribution in [0.5, 0.6) is 11.5 Å². The van der Waals surface area contributed by atoms with Crippen molar-refractivity contribution in [2.75, 3.05) is 19.1 Å². The van der Waals surface area contributed by atoms with Crippen LogP contribution in [0.15, 0.2) is 58.6 Å². The number of rotatable bonds is 3.